The van der Waals surface area contributed by atoms with Crippen molar-refractivity contribution in [2.45, 2.75) is 20.3 Å². The Morgan fingerprint density at radius 1 is 1.41 bits per heavy atom. The summed E-state index contributed by atoms with van der Waals surface area (Å²) in [4.78, 5) is 23.2. The van der Waals surface area contributed by atoms with Crippen LogP contribution in [0.1, 0.15) is 27.9 Å². The molecule has 1 aromatic heterocycles. The molecule has 2 aromatic rings. The van der Waals surface area contributed by atoms with Gasteiger partial charge in [0.05, 0.1) is 5.69 Å². The first-order valence-corrected chi connectivity index (χ1v) is 7.36. The van der Waals surface area contributed by atoms with Crippen LogP contribution in [0.5, 0.6) is 5.75 Å². The summed E-state index contributed by atoms with van der Waals surface area (Å²) < 4.78 is 8.88. The maximum atomic E-state index is 12.2. The number of nitrogens with one attached hydrogen (secondary N) is 1. The normalized spacial score (nSPS) is 10.3. The molecule has 0 radical (unpaired) electrons. The van der Waals surface area contributed by atoms with Crippen LogP contribution in [-0.4, -0.2) is 33.2 Å². The second kappa shape index (κ2) is 6.99. The van der Waals surface area contributed by atoms with Crippen LogP contribution in [0.2, 0.25) is 0 Å². The number of rotatable bonds is 6. The SMILES string of the molecule is CCc1nnsc1C(=O)Nc1ccc(OCC(=O)O)cc1C. The summed E-state index contributed by atoms with van der Waals surface area (Å²) in [5, 5.41) is 15.3. The van der Waals surface area contributed by atoms with E-state index in [1.165, 1.54) is 0 Å². The molecule has 7 nitrogen and oxygen atoms in total. The van der Waals surface area contributed by atoms with E-state index in [2.05, 4.69) is 14.9 Å². The van der Waals surface area contributed by atoms with Crippen LogP contribution in [0.3, 0.4) is 0 Å². The molecule has 0 aliphatic heterocycles. The lowest BCUT2D eigenvalue weighted by Crippen LogP contribution is -2.13. The number of carboxylic acids is 1. The first-order valence-electron chi connectivity index (χ1n) is 6.59. The number of aromatic nitrogens is 2. The molecular weight excluding hydrogens is 306 g/mol. The predicted octanol–water partition coefficient (Wildman–Crippen LogP) is 2.12. The Balaban J connectivity index is 2.10. The van der Waals surface area contributed by atoms with Gasteiger partial charge in [-0.3, -0.25) is 4.79 Å². The Kier molecular flexibility index (Phi) is 5.05. The number of ether oxygens (including phenoxy) is 1. The molecule has 0 spiro atoms. The number of amides is 1. The summed E-state index contributed by atoms with van der Waals surface area (Å²) in [7, 11) is 0. The Bertz CT molecular complexity index is 699. The molecule has 1 amide bonds. The molecule has 2 rings (SSSR count). The van der Waals surface area contributed by atoms with E-state index >= 15 is 0 Å². The van der Waals surface area contributed by atoms with Gasteiger partial charge < -0.3 is 15.2 Å². The van der Waals surface area contributed by atoms with E-state index in [-0.39, 0.29) is 5.91 Å². The lowest BCUT2D eigenvalue weighted by Gasteiger charge is -2.10. The minimum atomic E-state index is -1.04. The van der Waals surface area contributed by atoms with Crippen molar-refractivity contribution in [3.05, 3.63) is 34.3 Å². The number of hydrogen-bond acceptors (Lipinski definition) is 6. The molecule has 0 saturated heterocycles. The summed E-state index contributed by atoms with van der Waals surface area (Å²) in [6.45, 7) is 3.31. The molecule has 0 saturated carbocycles. The highest BCUT2D eigenvalue weighted by atomic mass is 32.1. The fourth-order valence-electron chi connectivity index (χ4n) is 1.80. The number of aliphatic carboxylic acids is 1. The molecule has 22 heavy (non-hydrogen) atoms. The number of carboxylic acid groups (broad SMARTS) is 1. The topological polar surface area (TPSA) is 101 Å². The quantitative estimate of drug-likeness (QED) is 0.845. The van der Waals surface area contributed by atoms with E-state index in [9.17, 15) is 9.59 Å². The third kappa shape index (κ3) is 3.79. The smallest absolute Gasteiger partial charge is 0.341 e. The Hall–Kier alpha value is -2.48. The molecule has 116 valence electrons. The fourth-order valence-corrected chi connectivity index (χ4v) is 2.45. The lowest BCUT2D eigenvalue weighted by atomic mass is 10.2. The van der Waals surface area contributed by atoms with Gasteiger partial charge in [-0.1, -0.05) is 11.4 Å². The van der Waals surface area contributed by atoms with Crippen molar-refractivity contribution < 1.29 is 19.4 Å². The standard InChI is InChI=1S/C14H15N3O4S/c1-3-10-13(22-17-16-10)14(20)15-11-5-4-9(6-8(11)2)21-7-12(18)19/h4-6H,3,7H2,1-2H3,(H,15,20)(H,18,19). The summed E-state index contributed by atoms with van der Waals surface area (Å²) in [5.41, 5.74) is 2.07. The molecule has 0 unspecified atom stereocenters. The van der Waals surface area contributed by atoms with Gasteiger partial charge in [-0.05, 0) is 48.6 Å². The summed E-state index contributed by atoms with van der Waals surface area (Å²) in [6, 6.07) is 4.95. The zero-order chi connectivity index (χ0) is 16.1. The average molecular weight is 321 g/mol. The van der Waals surface area contributed by atoms with Gasteiger partial charge in [0.25, 0.3) is 5.91 Å². The number of carbonyl (C=O) groups excluding carboxylic acids is 1. The van der Waals surface area contributed by atoms with Crippen molar-refractivity contribution in [2.24, 2.45) is 0 Å². The van der Waals surface area contributed by atoms with Crippen LogP contribution < -0.4 is 10.1 Å². The van der Waals surface area contributed by atoms with Crippen molar-refractivity contribution in [3.63, 3.8) is 0 Å². The molecular formula is C14H15N3O4S. The highest BCUT2D eigenvalue weighted by Crippen LogP contribution is 2.23. The van der Waals surface area contributed by atoms with Crippen LogP contribution in [0, 0.1) is 6.92 Å². The summed E-state index contributed by atoms with van der Waals surface area (Å²) in [5.74, 6) is -0.861. The van der Waals surface area contributed by atoms with Crippen molar-refractivity contribution >= 4 is 29.1 Å². The van der Waals surface area contributed by atoms with E-state index in [4.69, 9.17) is 9.84 Å². The van der Waals surface area contributed by atoms with E-state index in [0.29, 0.717) is 28.4 Å². The first-order chi connectivity index (χ1) is 10.5. The number of carbonyl (C=O) groups is 2. The predicted molar refractivity (Wildman–Crippen MR) is 81.6 cm³/mol. The van der Waals surface area contributed by atoms with Gasteiger partial charge >= 0.3 is 5.97 Å². The molecule has 0 atom stereocenters. The van der Waals surface area contributed by atoms with Crippen molar-refractivity contribution in [1.29, 1.82) is 0 Å². The number of nitrogens with zero attached hydrogens (tertiary/aromatic N) is 2. The van der Waals surface area contributed by atoms with E-state index in [1.54, 1.807) is 25.1 Å². The van der Waals surface area contributed by atoms with Crippen LogP contribution in [0.4, 0.5) is 5.69 Å². The fraction of sp³-hybridized carbons (Fsp3) is 0.286. The Labute approximate surface area is 131 Å². The number of anilines is 1. The van der Waals surface area contributed by atoms with Gasteiger partial charge in [0.15, 0.2) is 6.61 Å². The summed E-state index contributed by atoms with van der Waals surface area (Å²) >= 11 is 1.06. The Morgan fingerprint density at radius 3 is 2.82 bits per heavy atom. The maximum absolute atomic E-state index is 12.2. The van der Waals surface area contributed by atoms with E-state index < -0.39 is 12.6 Å². The molecule has 0 fully saturated rings. The second-order valence-corrected chi connectivity index (χ2v) is 5.27. The van der Waals surface area contributed by atoms with E-state index in [0.717, 1.165) is 17.1 Å². The van der Waals surface area contributed by atoms with E-state index in [1.807, 2.05) is 6.92 Å². The zero-order valence-corrected chi connectivity index (χ0v) is 12.9. The van der Waals surface area contributed by atoms with Gasteiger partial charge in [-0.25, -0.2) is 4.79 Å². The molecule has 8 heteroatoms. The molecule has 0 bridgehead atoms. The molecule has 1 heterocycles. The number of aryl methyl sites for hydroxylation is 2. The van der Waals surface area contributed by atoms with Gasteiger partial charge in [0.1, 0.15) is 10.6 Å². The molecule has 2 N–H and O–H groups in total. The highest BCUT2D eigenvalue weighted by Gasteiger charge is 2.16. The third-order valence-corrected chi connectivity index (χ3v) is 3.67. The average Bonchev–Trinajstić information content (AvgIpc) is 2.96. The lowest BCUT2D eigenvalue weighted by molar-refractivity contribution is -0.139. The minimum Gasteiger partial charge on any atom is -0.482 e. The van der Waals surface area contributed by atoms with Crippen LogP contribution >= 0.6 is 11.5 Å². The van der Waals surface area contributed by atoms with Crippen LogP contribution in [0.25, 0.3) is 0 Å². The van der Waals surface area contributed by atoms with Gasteiger partial charge in [0.2, 0.25) is 0 Å². The third-order valence-electron chi connectivity index (χ3n) is 2.91. The molecule has 0 aliphatic rings. The summed E-state index contributed by atoms with van der Waals surface area (Å²) in [6.07, 6.45) is 0.639. The molecule has 0 aliphatic carbocycles. The monoisotopic (exact) mass is 321 g/mol. The van der Waals surface area contributed by atoms with Crippen molar-refractivity contribution in [3.8, 4) is 5.75 Å². The van der Waals surface area contributed by atoms with Gasteiger partial charge in [0, 0.05) is 5.69 Å². The van der Waals surface area contributed by atoms with Gasteiger partial charge in [-0.2, -0.15) is 0 Å². The Morgan fingerprint density at radius 2 is 2.18 bits per heavy atom. The highest BCUT2D eigenvalue weighted by molar-refractivity contribution is 7.08. The minimum absolute atomic E-state index is 0.255. The maximum Gasteiger partial charge on any atom is 0.341 e. The molecule has 1 aromatic carbocycles. The van der Waals surface area contributed by atoms with Crippen LogP contribution in [0.15, 0.2) is 18.2 Å². The number of hydrogen-bond donors (Lipinski definition) is 2. The number of benzene rings is 1. The first kappa shape index (κ1) is 15.9. The van der Waals surface area contributed by atoms with Gasteiger partial charge in [-0.15, -0.1) is 5.10 Å². The van der Waals surface area contributed by atoms with Crippen molar-refractivity contribution in [2.75, 3.05) is 11.9 Å². The van der Waals surface area contributed by atoms with Crippen molar-refractivity contribution in [1.82, 2.24) is 9.59 Å². The van der Waals surface area contributed by atoms with Crippen LogP contribution in [-0.2, 0) is 11.2 Å². The zero-order valence-electron chi connectivity index (χ0n) is 12.1. The second-order valence-electron chi connectivity index (χ2n) is 4.52. The largest absolute Gasteiger partial charge is 0.482 e.